The first-order valence-electron chi connectivity index (χ1n) is 10.6. The Labute approximate surface area is 180 Å². The number of aliphatic hydroxyl groups excluding tert-OH is 1. The van der Waals surface area contributed by atoms with Crippen LogP contribution in [0.15, 0.2) is 30.9 Å². The van der Waals surface area contributed by atoms with Gasteiger partial charge in [-0.1, -0.05) is 0 Å². The zero-order valence-corrected chi connectivity index (χ0v) is 18.1. The van der Waals surface area contributed by atoms with E-state index in [9.17, 15) is 0 Å². The van der Waals surface area contributed by atoms with Gasteiger partial charge in [-0.15, -0.1) is 11.3 Å². The molecule has 2 aliphatic heterocycles. The second-order valence-corrected chi connectivity index (χ2v) is 9.27. The second kappa shape index (κ2) is 8.19. The van der Waals surface area contributed by atoms with Gasteiger partial charge >= 0.3 is 0 Å². The lowest BCUT2D eigenvalue weighted by Gasteiger charge is -2.44. The number of ether oxygens (including phenoxy) is 1. The summed E-state index contributed by atoms with van der Waals surface area (Å²) in [4.78, 5) is 13.8. The summed E-state index contributed by atoms with van der Waals surface area (Å²) < 4.78 is 8.28. The van der Waals surface area contributed by atoms with Gasteiger partial charge in [0.1, 0.15) is 0 Å². The van der Waals surface area contributed by atoms with Crippen LogP contribution in [-0.4, -0.2) is 56.1 Å². The summed E-state index contributed by atoms with van der Waals surface area (Å²) in [5.74, 6) is 0. The average Bonchev–Trinajstić information content (AvgIpc) is 3.35. The third-order valence-electron chi connectivity index (χ3n) is 6.26. The minimum Gasteiger partial charge on any atom is -0.394 e. The van der Waals surface area contributed by atoms with Crippen molar-refractivity contribution in [3.63, 3.8) is 0 Å². The number of aliphatic hydroxyl groups is 1. The Kier molecular flexibility index (Phi) is 5.41. The van der Waals surface area contributed by atoms with Gasteiger partial charge in [-0.2, -0.15) is 5.10 Å². The van der Waals surface area contributed by atoms with Crippen LogP contribution < -0.4 is 0 Å². The summed E-state index contributed by atoms with van der Waals surface area (Å²) in [6.45, 7) is 6.40. The van der Waals surface area contributed by atoms with E-state index in [0.717, 1.165) is 56.9 Å². The second-order valence-electron chi connectivity index (χ2n) is 8.13. The van der Waals surface area contributed by atoms with E-state index in [0.29, 0.717) is 6.54 Å². The number of nitrogens with zero attached hydrogens (tertiary/aromatic N) is 5. The minimum atomic E-state index is -0.169. The van der Waals surface area contributed by atoms with Crippen molar-refractivity contribution in [2.75, 3.05) is 26.3 Å². The van der Waals surface area contributed by atoms with Crippen molar-refractivity contribution in [3.8, 4) is 10.6 Å². The third kappa shape index (κ3) is 3.69. The van der Waals surface area contributed by atoms with Crippen LogP contribution in [-0.2, 0) is 29.8 Å². The Bertz CT molecular complexity index is 1010. The summed E-state index contributed by atoms with van der Waals surface area (Å²) in [6.07, 6.45) is 10.4. The number of aromatic nitrogens is 4. The summed E-state index contributed by atoms with van der Waals surface area (Å²) in [5.41, 5.74) is 4.43. The predicted molar refractivity (Wildman–Crippen MR) is 115 cm³/mol. The number of aryl methyl sites for hydroxylation is 1. The summed E-state index contributed by atoms with van der Waals surface area (Å²) in [6, 6.07) is 2.29. The maximum absolute atomic E-state index is 9.14. The largest absolute Gasteiger partial charge is 0.394 e. The molecule has 2 aliphatic rings. The topological polar surface area (TPSA) is 76.3 Å². The van der Waals surface area contributed by atoms with Crippen molar-refractivity contribution in [2.24, 2.45) is 0 Å². The highest BCUT2D eigenvalue weighted by Crippen LogP contribution is 2.46. The Morgan fingerprint density at radius 2 is 2.13 bits per heavy atom. The number of hydrogen-bond acceptors (Lipinski definition) is 7. The molecule has 5 heterocycles. The van der Waals surface area contributed by atoms with E-state index in [1.54, 1.807) is 12.4 Å². The highest BCUT2D eigenvalue weighted by Gasteiger charge is 2.42. The number of hydrogen-bond donors (Lipinski definition) is 1. The lowest BCUT2D eigenvalue weighted by Crippen LogP contribution is -2.45. The Morgan fingerprint density at radius 1 is 1.27 bits per heavy atom. The van der Waals surface area contributed by atoms with Crippen LogP contribution in [0.5, 0.6) is 0 Å². The van der Waals surface area contributed by atoms with E-state index in [1.165, 1.54) is 20.9 Å². The predicted octanol–water partition coefficient (Wildman–Crippen LogP) is 2.77. The fourth-order valence-corrected chi connectivity index (χ4v) is 5.82. The van der Waals surface area contributed by atoms with Gasteiger partial charge in [0, 0.05) is 55.1 Å². The van der Waals surface area contributed by atoms with Crippen LogP contribution in [0.2, 0.25) is 0 Å². The molecule has 0 unspecified atom stereocenters. The zero-order chi connectivity index (χ0) is 20.6. The third-order valence-corrected chi connectivity index (χ3v) is 7.48. The maximum atomic E-state index is 9.14. The number of piperidine rings is 1. The molecule has 0 radical (unpaired) electrons. The highest BCUT2D eigenvalue weighted by atomic mass is 32.1. The first kappa shape index (κ1) is 19.8. The first-order valence-corrected chi connectivity index (χ1v) is 11.4. The molecule has 0 saturated carbocycles. The van der Waals surface area contributed by atoms with Crippen LogP contribution in [0, 0.1) is 6.92 Å². The van der Waals surface area contributed by atoms with Crippen molar-refractivity contribution < 1.29 is 9.84 Å². The number of thiophene rings is 1. The summed E-state index contributed by atoms with van der Waals surface area (Å²) in [7, 11) is 0. The molecule has 30 heavy (non-hydrogen) atoms. The molecule has 0 atom stereocenters. The molecule has 1 fully saturated rings. The molecule has 1 spiro atoms. The normalized spacial score (nSPS) is 18.6. The molecule has 7 nitrogen and oxygen atoms in total. The Morgan fingerprint density at radius 3 is 2.90 bits per heavy atom. The van der Waals surface area contributed by atoms with Crippen molar-refractivity contribution in [1.82, 2.24) is 24.6 Å². The molecule has 1 saturated heterocycles. The van der Waals surface area contributed by atoms with Gasteiger partial charge in [-0.3, -0.25) is 19.5 Å². The summed E-state index contributed by atoms with van der Waals surface area (Å²) >= 11 is 1.84. The van der Waals surface area contributed by atoms with Crippen molar-refractivity contribution in [2.45, 2.75) is 44.9 Å². The standard InChI is InChI=1S/C22H27N5O2S/c1-16-17(15-27(25-16)9-10-28)14-26-7-3-22(4-8-26)18-12-21(19-13-23-5-6-24-19)30-20(18)2-11-29-22/h5-6,12-13,15,28H,2-4,7-11,14H2,1H3. The quantitative estimate of drug-likeness (QED) is 0.677. The van der Waals surface area contributed by atoms with Crippen molar-refractivity contribution in [1.29, 1.82) is 0 Å². The molecule has 0 aliphatic carbocycles. The lowest BCUT2D eigenvalue weighted by atomic mass is 9.82. The molecule has 158 valence electrons. The van der Waals surface area contributed by atoms with Crippen LogP contribution in [0.25, 0.3) is 10.6 Å². The molecule has 5 rings (SSSR count). The molecule has 0 aromatic carbocycles. The van der Waals surface area contributed by atoms with Crippen molar-refractivity contribution >= 4 is 11.3 Å². The van der Waals surface area contributed by atoms with E-state index in [2.05, 4.69) is 32.2 Å². The van der Waals surface area contributed by atoms with E-state index in [-0.39, 0.29) is 12.2 Å². The van der Waals surface area contributed by atoms with Crippen LogP contribution in [0.1, 0.15) is 34.5 Å². The maximum Gasteiger partial charge on any atom is 0.0984 e. The molecule has 0 amide bonds. The number of likely N-dealkylation sites (tertiary alicyclic amines) is 1. The number of rotatable bonds is 5. The van der Waals surface area contributed by atoms with E-state index >= 15 is 0 Å². The van der Waals surface area contributed by atoms with Crippen molar-refractivity contribution in [3.05, 3.63) is 52.6 Å². The van der Waals surface area contributed by atoms with Gasteiger partial charge in [0.2, 0.25) is 0 Å². The summed E-state index contributed by atoms with van der Waals surface area (Å²) in [5, 5.41) is 13.7. The Hall–Kier alpha value is -2.13. The molecule has 3 aromatic rings. The molecule has 3 aromatic heterocycles. The minimum absolute atomic E-state index is 0.115. The van der Waals surface area contributed by atoms with Gasteiger partial charge < -0.3 is 9.84 Å². The zero-order valence-electron chi connectivity index (χ0n) is 17.3. The molecule has 8 heteroatoms. The van der Waals surface area contributed by atoms with Crippen LogP contribution >= 0.6 is 11.3 Å². The van der Waals surface area contributed by atoms with E-state index in [4.69, 9.17) is 9.84 Å². The SMILES string of the molecule is Cc1nn(CCO)cc1CN1CCC2(CC1)OCCc1sc(-c3cnccn3)cc12. The molecule has 1 N–H and O–H groups in total. The first-order chi connectivity index (χ1) is 14.7. The van der Waals surface area contributed by atoms with Crippen LogP contribution in [0.3, 0.4) is 0 Å². The Balaban J connectivity index is 1.31. The fourth-order valence-electron chi connectivity index (χ4n) is 4.63. The fraction of sp³-hybridized carbons (Fsp3) is 0.500. The van der Waals surface area contributed by atoms with Gasteiger partial charge in [0.25, 0.3) is 0 Å². The smallest absolute Gasteiger partial charge is 0.0984 e. The van der Waals surface area contributed by atoms with E-state index < -0.39 is 0 Å². The molecule has 0 bridgehead atoms. The molecular weight excluding hydrogens is 398 g/mol. The van der Waals surface area contributed by atoms with Gasteiger partial charge in [-0.05, 0) is 31.4 Å². The van der Waals surface area contributed by atoms with Gasteiger partial charge in [0.15, 0.2) is 0 Å². The van der Waals surface area contributed by atoms with Gasteiger partial charge in [-0.25, -0.2) is 0 Å². The molecular formula is C22H27N5O2S. The monoisotopic (exact) mass is 425 g/mol. The van der Waals surface area contributed by atoms with Crippen LogP contribution in [0.4, 0.5) is 0 Å². The lowest BCUT2D eigenvalue weighted by molar-refractivity contribution is -0.0980. The average molecular weight is 426 g/mol. The highest BCUT2D eigenvalue weighted by molar-refractivity contribution is 7.15. The van der Waals surface area contributed by atoms with E-state index in [1.807, 2.05) is 29.1 Å². The number of fused-ring (bicyclic) bond motifs is 2. The van der Waals surface area contributed by atoms with Gasteiger partial charge in [0.05, 0.1) is 47.8 Å².